The average molecular weight is 350 g/mol. The van der Waals surface area contributed by atoms with Gasteiger partial charge in [0.1, 0.15) is 0 Å². The number of nitrogens with zero attached hydrogens (tertiary/aromatic N) is 1. The van der Waals surface area contributed by atoms with Gasteiger partial charge in [-0.15, -0.1) is 0 Å². The lowest BCUT2D eigenvalue weighted by atomic mass is 9.86. The van der Waals surface area contributed by atoms with E-state index in [0.29, 0.717) is 30.5 Å². The van der Waals surface area contributed by atoms with Crippen molar-refractivity contribution in [2.75, 3.05) is 13.1 Å². The van der Waals surface area contributed by atoms with Gasteiger partial charge in [-0.25, -0.2) is 0 Å². The lowest BCUT2D eigenvalue weighted by Crippen LogP contribution is -2.31. The lowest BCUT2D eigenvalue weighted by Gasteiger charge is -2.24. The molecular formula is C19H24ClNO3. The minimum atomic E-state index is -0.831. The standard InChI is InChI=1S/C19H24ClNO3/c20-15-8-6-14(7-9-15)16-11-21(12-17(16)19(23)24)18(22)10-13-4-2-1-3-5-13/h6-9,13,16-17H,1-5,10-12H2,(H,23,24)/t16-,17+/m0/s1. The molecule has 3 rings (SSSR count). The van der Waals surface area contributed by atoms with Crippen LogP contribution in [0.5, 0.6) is 0 Å². The molecular weight excluding hydrogens is 326 g/mol. The van der Waals surface area contributed by atoms with Gasteiger partial charge < -0.3 is 10.0 Å². The van der Waals surface area contributed by atoms with E-state index >= 15 is 0 Å². The molecule has 1 aromatic carbocycles. The smallest absolute Gasteiger partial charge is 0.308 e. The molecule has 1 N–H and O–H groups in total. The number of halogens is 1. The number of rotatable bonds is 4. The van der Waals surface area contributed by atoms with Crippen LogP contribution in [-0.4, -0.2) is 35.0 Å². The summed E-state index contributed by atoms with van der Waals surface area (Å²) >= 11 is 5.92. The topological polar surface area (TPSA) is 57.6 Å². The molecule has 0 unspecified atom stereocenters. The third-order valence-corrected chi connectivity index (χ3v) is 5.73. The first kappa shape index (κ1) is 17.3. The molecule has 4 nitrogen and oxygen atoms in total. The van der Waals surface area contributed by atoms with Crippen molar-refractivity contribution in [2.45, 2.75) is 44.4 Å². The molecule has 5 heteroatoms. The van der Waals surface area contributed by atoms with Gasteiger partial charge in [0.15, 0.2) is 0 Å². The van der Waals surface area contributed by atoms with Crippen molar-refractivity contribution in [3.8, 4) is 0 Å². The Morgan fingerprint density at radius 3 is 2.38 bits per heavy atom. The molecule has 1 aliphatic heterocycles. The van der Waals surface area contributed by atoms with Crippen molar-refractivity contribution in [1.29, 1.82) is 0 Å². The molecule has 0 radical (unpaired) electrons. The van der Waals surface area contributed by atoms with Crippen LogP contribution in [0.2, 0.25) is 5.02 Å². The summed E-state index contributed by atoms with van der Waals surface area (Å²) in [5.74, 6) is -0.937. The van der Waals surface area contributed by atoms with E-state index in [1.54, 1.807) is 17.0 Å². The molecule has 130 valence electrons. The van der Waals surface area contributed by atoms with Gasteiger partial charge >= 0.3 is 5.97 Å². The molecule has 0 spiro atoms. The number of likely N-dealkylation sites (tertiary alicyclic amines) is 1. The zero-order chi connectivity index (χ0) is 17.1. The van der Waals surface area contributed by atoms with Gasteiger partial charge in [-0.2, -0.15) is 0 Å². The van der Waals surface area contributed by atoms with E-state index in [1.165, 1.54) is 19.3 Å². The summed E-state index contributed by atoms with van der Waals surface area (Å²) in [6, 6.07) is 7.31. The number of amides is 1. The summed E-state index contributed by atoms with van der Waals surface area (Å²) in [7, 11) is 0. The number of hydrogen-bond donors (Lipinski definition) is 1. The van der Waals surface area contributed by atoms with Gasteiger partial charge in [0.05, 0.1) is 5.92 Å². The molecule has 2 fully saturated rings. The highest BCUT2D eigenvalue weighted by molar-refractivity contribution is 6.30. The van der Waals surface area contributed by atoms with E-state index in [4.69, 9.17) is 11.6 Å². The van der Waals surface area contributed by atoms with Crippen LogP contribution < -0.4 is 0 Å². The number of carbonyl (C=O) groups excluding carboxylic acids is 1. The fraction of sp³-hybridized carbons (Fsp3) is 0.579. The Kier molecular flexibility index (Phi) is 5.44. The first-order valence-electron chi connectivity index (χ1n) is 8.80. The molecule has 1 saturated carbocycles. The maximum Gasteiger partial charge on any atom is 0.308 e. The SMILES string of the molecule is O=C(O)[C@@H]1CN(C(=O)CC2CCCCC2)C[C@H]1c1ccc(Cl)cc1. The first-order valence-corrected chi connectivity index (χ1v) is 9.18. The average Bonchev–Trinajstić information content (AvgIpc) is 3.02. The summed E-state index contributed by atoms with van der Waals surface area (Å²) in [6.07, 6.45) is 6.52. The summed E-state index contributed by atoms with van der Waals surface area (Å²) in [5, 5.41) is 10.2. The van der Waals surface area contributed by atoms with Gasteiger partial charge in [0.2, 0.25) is 5.91 Å². The van der Waals surface area contributed by atoms with Crippen molar-refractivity contribution in [3.05, 3.63) is 34.9 Å². The molecule has 2 aliphatic rings. The highest BCUT2D eigenvalue weighted by Crippen LogP contribution is 2.35. The lowest BCUT2D eigenvalue weighted by molar-refractivity contribution is -0.141. The third kappa shape index (κ3) is 3.92. The zero-order valence-corrected chi connectivity index (χ0v) is 14.5. The van der Waals surface area contributed by atoms with Gasteiger partial charge in [0.25, 0.3) is 0 Å². The fourth-order valence-corrected chi connectivity index (χ4v) is 4.20. The van der Waals surface area contributed by atoms with E-state index in [9.17, 15) is 14.7 Å². The molecule has 1 aromatic rings. The zero-order valence-electron chi connectivity index (χ0n) is 13.8. The maximum absolute atomic E-state index is 12.6. The summed E-state index contributed by atoms with van der Waals surface area (Å²) in [5.41, 5.74) is 0.944. The van der Waals surface area contributed by atoms with E-state index in [2.05, 4.69) is 0 Å². The van der Waals surface area contributed by atoms with Crippen LogP contribution in [0.25, 0.3) is 0 Å². The van der Waals surface area contributed by atoms with E-state index in [-0.39, 0.29) is 11.8 Å². The van der Waals surface area contributed by atoms with Crippen LogP contribution in [0.1, 0.15) is 50.0 Å². The number of carboxylic acids is 1. The second-order valence-corrected chi connectivity index (χ2v) is 7.55. The molecule has 2 atom stereocenters. The number of carboxylic acid groups (broad SMARTS) is 1. The minimum Gasteiger partial charge on any atom is -0.481 e. The van der Waals surface area contributed by atoms with Crippen molar-refractivity contribution < 1.29 is 14.7 Å². The van der Waals surface area contributed by atoms with Crippen molar-refractivity contribution >= 4 is 23.5 Å². The van der Waals surface area contributed by atoms with Crippen LogP contribution in [0.3, 0.4) is 0 Å². The Labute approximate surface area is 147 Å². The summed E-state index contributed by atoms with van der Waals surface area (Å²) in [6.45, 7) is 0.804. The van der Waals surface area contributed by atoms with Crippen LogP contribution >= 0.6 is 11.6 Å². The van der Waals surface area contributed by atoms with Gasteiger partial charge in [-0.3, -0.25) is 9.59 Å². The summed E-state index contributed by atoms with van der Waals surface area (Å²) < 4.78 is 0. The normalized spacial score (nSPS) is 25.0. The van der Waals surface area contributed by atoms with Gasteiger partial charge in [0, 0.05) is 30.5 Å². The molecule has 24 heavy (non-hydrogen) atoms. The van der Waals surface area contributed by atoms with Crippen LogP contribution in [0.4, 0.5) is 0 Å². The fourth-order valence-electron chi connectivity index (χ4n) is 4.07. The van der Waals surface area contributed by atoms with Gasteiger partial charge in [-0.05, 0) is 36.5 Å². The van der Waals surface area contributed by atoms with Gasteiger partial charge in [-0.1, -0.05) is 43.0 Å². The Bertz CT molecular complexity index is 595. The highest BCUT2D eigenvalue weighted by atomic mass is 35.5. The largest absolute Gasteiger partial charge is 0.481 e. The molecule has 0 bridgehead atoms. The molecule has 1 aliphatic carbocycles. The quantitative estimate of drug-likeness (QED) is 0.895. The Morgan fingerprint density at radius 2 is 1.75 bits per heavy atom. The number of benzene rings is 1. The van der Waals surface area contributed by atoms with E-state index in [0.717, 1.165) is 18.4 Å². The monoisotopic (exact) mass is 349 g/mol. The molecule has 1 amide bonds. The number of hydrogen-bond acceptors (Lipinski definition) is 2. The van der Waals surface area contributed by atoms with Crippen molar-refractivity contribution in [3.63, 3.8) is 0 Å². The van der Waals surface area contributed by atoms with Crippen molar-refractivity contribution in [2.24, 2.45) is 11.8 Å². The van der Waals surface area contributed by atoms with Crippen molar-refractivity contribution in [1.82, 2.24) is 4.90 Å². The molecule has 1 heterocycles. The van der Waals surface area contributed by atoms with Crippen LogP contribution in [0, 0.1) is 11.8 Å². The summed E-state index contributed by atoms with van der Waals surface area (Å²) in [4.78, 5) is 26.0. The van der Waals surface area contributed by atoms with Crippen LogP contribution in [-0.2, 0) is 9.59 Å². The molecule has 0 aromatic heterocycles. The first-order chi connectivity index (χ1) is 11.5. The van der Waals surface area contributed by atoms with E-state index in [1.807, 2.05) is 12.1 Å². The van der Waals surface area contributed by atoms with E-state index < -0.39 is 11.9 Å². The third-order valence-electron chi connectivity index (χ3n) is 5.48. The predicted octanol–water partition coefficient (Wildman–Crippen LogP) is 3.94. The second kappa shape index (κ2) is 7.56. The highest BCUT2D eigenvalue weighted by Gasteiger charge is 2.40. The second-order valence-electron chi connectivity index (χ2n) is 7.11. The Hall–Kier alpha value is -1.55. The maximum atomic E-state index is 12.6. The predicted molar refractivity (Wildman–Crippen MR) is 93.1 cm³/mol. The Morgan fingerprint density at radius 1 is 1.08 bits per heavy atom. The molecule has 1 saturated heterocycles. The number of carbonyl (C=O) groups is 2. The Balaban J connectivity index is 1.68. The number of aliphatic carboxylic acids is 1. The van der Waals surface area contributed by atoms with Crippen LogP contribution in [0.15, 0.2) is 24.3 Å². The minimum absolute atomic E-state index is 0.115.